The van der Waals surface area contributed by atoms with Crippen LogP contribution in [0, 0.1) is 12.7 Å². The maximum Gasteiger partial charge on any atom is 0.256 e. The number of benzene rings is 1. The van der Waals surface area contributed by atoms with Gasteiger partial charge >= 0.3 is 0 Å². The minimum absolute atomic E-state index is 0.0202. The van der Waals surface area contributed by atoms with Crippen molar-refractivity contribution in [3.05, 3.63) is 47.0 Å². The molecule has 0 fully saturated rings. The first kappa shape index (κ1) is 22.4. The first-order chi connectivity index (χ1) is 14.4. The molecule has 7 nitrogen and oxygen atoms in total. The Balaban J connectivity index is 2.13. The number of hydrogen-bond donors (Lipinski definition) is 2. The number of amides is 2. The Bertz CT molecular complexity index is 1170. The summed E-state index contributed by atoms with van der Waals surface area (Å²) in [5, 5.41) is 10.5. The van der Waals surface area contributed by atoms with Crippen molar-refractivity contribution >= 4 is 34.2 Å². The molecule has 0 aliphatic heterocycles. The maximum absolute atomic E-state index is 14.4. The predicted molar refractivity (Wildman–Crippen MR) is 120 cm³/mol. The minimum atomic E-state index is -0.598. The molecule has 8 heteroatoms. The SMILES string of the molecule is CC(=O)Nc1ccc(F)c(NC(=O)c2cc(C(C)C)nc3c2c(C)nn3C(C)(C)C)c1. The molecule has 0 atom stereocenters. The third kappa shape index (κ3) is 4.57. The quantitative estimate of drug-likeness (QED) is 0.618. The van der Waals surface area contributed by atoms with Crippen molar-refractivity contribution in [2.24, 2.45) is 0 Å². The predicted octanol–water partition coefficient (Wildman–Crippen LogP) is 4.97. The van der Waals surface area contributed by atoms with Gasteiger partial charge in [-0.05, 0) is 57.9 Å². The zero-order chi connectivity index (χ0) is 23.1. The van der Waals surface area contributed by atoms with E-state index in [4.69, 9.17) is 4.98 Å². The van der Waals surface area contributed by atoms with Crippen molar-refractivity contribution in [1.29, 1.82) is 0 Å². The molecule has 2 aromatic heterocycles. The lowest BCUT2D eigenvalue weighted by Gasteiger charge is -2.20. The van der Waals surface area contributed by atoms with Crippen molar-refractivity contribution in [3.63, 3.8) is 0 Å². The van der Waals surface area contributed by atoms with Crippen LogP contribution in [0.1, 0.15) is 69.2 Å². The van der Waals surface area contributed by atoms with Crippen LogP contribution in [-0.4, -0.2) is 26.6 Å². The van der Waals surface area contributed by atoms with Crippen LogP contribution < -0.4 is 10.6 Å². The van der Waals surface area contributed by atoms with Gasteiger partial charge in [-0.3, -0.25) is 9.59 Å². The summed E-state index contributed by atoms with van der Waals surface area (Å²) < 4.78 is 16.2. The van der Waals surface area contributed by atoms with Crippen molar-refractivity contribution in [1.82, 2.24) is 14.8 Å². The first-order valence-corrected chi connectivity index (χ1v) is 10.2. The molecule has 0 radical (unpaired) electrons. The molecule has 0 aliphatic carbocycles. The van der Waals surface area contributed by atoms with Gasteiger partial charge in [0.25, 0.3) is 5.91 Å². The van der Waals surface area contributed by atoms with Crippen molar-refractivity contribution in [3.8, 4) is 0 Å². The van der Waals surface area contributed by atoms with E-state index in [1.165, 1.54) is 25.1 Å². The van der Waals surface area contributed by atoms with E-state index in [2.05, 4.69) is 15.7 Å². The lowest BCUT2D eigenvalue weighted by atomic mass is 10.0. The molecule has 0 aliphatic rings. The molecular formula is C23H28FN5O2. The molecule has 0 spiro atoms. The third-order valence-electron chi connectivity index (χ3n) is 4.84. The Labute approximate surface area is 181 Å². The summed E-state index contributed by atoms with van der Waals surface area (Å²) in [7, 11) is 0. The van der Waals surface area contributed by atoms with Gasteiger partial charge in [-0.15, -0.1) is 0 Å². The van der Waals surface area contributed by atoms with E-state index in [1.54, 1.807) is 6.07 Å². The monoisotopic (exact) mass is 425 g/mol. The molecule has 0 unspecified atom stereocenters. The first-order valence-electron chi connectivity index (χ1n) is 10.2. The zero-order valence-electron chi connectivity index (χ0n) is 18.9. The van der Waals surface area contributed by atoms with Gasteiger partial charge in [0.2, 0.25) is 5.91 Å². The van der Waals surface area contributed by atoms with E-state index >= 15 is 0 Å². The van der Waals surface area contributed by atoms with Gasteiger partial charge in [-0.25, -0.2) is 14.1 Å². The van der Waals surface area contributed by atoms with E-state index in [0.29, 0.717) is 28.0 Å². The van der Waals surface area contributed by atoms with Crippen LogP contribution in [0.15, 0.2) is 24.3 Å². The van der Waals surface area contributed by atoms with Gasteiger partial charge < -0.3 is 10.6 Å². The van der Waals surface area contributed by atoms with E-state index in [9.17, 15) is 14.0 Å². The second-order valence-electron chi connectivity index (χ2n) is 8.95. The van der Waals surface area contributed by atoms with Gasteiger partial charge in [0, 0.05) is 18.3 Å². The van der Waals surface area contributed by atoms with Crippen molar-refractivity contribution < 1.29 is 14.0 Å². The summed E-state index contributed by atoms with van der Waals surface area (Å²) in [4.78, 5) is 29.4. The Morgan fingerprint density at radius 2 is 1.81 bits per heavy atom. The molecule has 0 bridgehead atoms. The smallest absolute Gasteiger partial charge is 0.256 e. The molecule has 1 aromatic carbocycles. The van der Waals surface area contributed by atoms with E-state index in [0.717, 1.165) is 5.69 Å². The lowest BCUT2D eigenvalue weighted by Crippen LogP contribution is -2.24. The van der Waals surface area contributed by atoms with Crippen LogP contribution in [0.25, 0.3) is 11.0 Å². The van der Waals surface area contributed by atoms with Gasteiger partial charge in [-0.2, -0.15) is 5.10 Å². The summed E-state index contributed by atoms with van der Waals surface area (Å²) in [6.07, 6.45) is 0. The van der Waals surface area contributed by atoms with Crippen LogP contribution in [0.5, 0.6) is 0 Å². The number of hydrogen-bond acceptors (Lipinski definition) is 4. The average molecular weight is 426 g/mol. The highest BCUT2D eigenvalue weighted by molar-refractivity contribution is 6.13. The van der Waals surface area contributed by atoms with E-state index in [1.807, 2.05) is 46.2 Å². The Kier molecular flexibility index (Phi) is 5.85. The van der Waals surface area contributed by atoms with Crippen LogP contribution in [0.3, 0.4) is 0 Å². The molecule has 0 saturated carbocycles. The zero-order valence-corrected chi connectivity index (χ0v) is 18.9. The number of aromatic nitrogens is 3. The number of nitrogens with one attached hydrogen (secondary N) is 2. The number of anilines is 2. The molecule has 2 heterocycles. The summed E-state index contributed by atoms with van der Waals surface area (Å²) in [5.41, 5.74) is 2.46. The van der Waals surface area contributed by atoms with E-state index < -0.39 is 11.7 Å². The van der Waals surface area contributed by atoms with Crippen LogP contribution >= 0.6 is 0 Å². The fraction of sp³-hybridized carbons (Fsp3) is 0.391. The van der Waals surface area contributed by atoms with Gasteiger partial charge in [0.15, 0.2) is 5.65 Å². The number of carbonyl (C=O) groups is 2. The Morgan fingerprint density at radius 3 is 2.39 bits per heavy atom. The topological polar surface area (TPSA) is 88.9 Å². The molecule has 0 saturated heterocycles. The highest BCUT2D eigenvalue weighted by Gasteiger charge is 2.25. The van der Waals surface area contributed by atoms with Crippen molar-refractivity contribution in [2.45, 2.75) is 59.9 Å². The van der Waals surface area contributed by atoms with Gasteiger partial charge in [-0.1, -0.05) is 13.8 Å². The van der Waals surface area contributed by atoms with Gasteiger partial charge in [0.1, 0.15) is 5.82 Å². The number of carbonyl (C=O) groups excluding carboxylic acids is 2. The minimum Gasteiger partial charge on any atom is -0.326 e. The number of rotatable bonds is 4. The number of pyridine rings is 1. The van der Waals surface area contributed by atoms with Crippen LogP contribution in [0.4, 0.5) is 15.8 Å². The van der Waals surface area contributed by atoms with Gasteiger partial charge in [0.05, 0.1) is 27.9 Å². The largest absolute Gasteiger partial charge is 0.326 e. The number of fused-ring (bicyclic) bond motifs is 1. The molecule has 2 N–H and O–H groups in total. The van der Waals surface area contributed by atoms with E-state index in [-0.39, 0.29) is 23.1 Å². The van der Waals surface area contributed by atoms with Crippen LogP contribution in [0.2, 0.25) is 0 Å². The Hall–Kier alpha value is -3.29. The number of nitrogens with zero attached hydrogens (tertiary/aromatic N) is 3. The average Bonchev–Trinajstić information content (AvgIpc) is 3.00. The standard InChI is InChI=1S/C23H28FN5O2/c1-12(2)18-11-16(20-13(3)28-29(21(20)26-18)23(5,6)7)22(31)27-19-10-15(25-14(4)30)8-9-17(19)24/h8-12H,1-7H3,(H,25,30)(H,27,31). The highest BCUT2D eigenvalue weighted by Crippen LogP contribution is 2.30. The number of aryl methyl sites for hydroxylation is 1. The van der Waals surface area contributed by atoms with Crippen molar-refractivity contribution in [2.75, 3.05) is 10.6 Å². The fourth-order valence-corrected chi connectivity index (χ4v) is 3.34. The fourth-order valence-electron chi connectivity index (χ4n) is 3.34. The summed E-state index contributed by atoms with van der Waals surface area (Å²) in [6.45, 7) is 13.2. The molecule has 3 aromatic rings. The number of halogens is 1. The normalized spacial score (nSPS) is 11.8. The highest BCUT2D eigenvalue weighted by atomic mass is 19.1. The second kappa shape index (κ2) is 8.09. The third-order valence-corrected chi connectivity index (χ3v) is 4.84. The second-order valence-corrected chi connectivity index (χ2v) is 8.95. The molecule has 164 valence electrons. The molecule has 31 heavy (non-hydrogen) atoms. The molecule has 3 rings (SSSR count). The lowest BCUT2D eigenvalue weighted by molar-refractivity contribution is -0.114. The van der Waals surface area contributed by atoms with Crippen LogP contribution in [-0.2, 0) is 10.3 Å². The summed E-state index contributed by atoms with van der Waals surface area (Å²) in [6, 6.07) is 5.76. The Morgan fingerprint density at radius 1 is 1.13 bits per heavy atom. The maximum atomic E-state index is 14.4. The summed E-state index contributed by atoms with van der Waals surface area (Å²) >= 11 is 0. The molecular weight excluding hydrogens is 397 g/mol. The summed E-state index contributed by atoms with van der Waals surface area (Å²) in [5.74, 6) is -1.27. The molecule has 2 amide bonds.